The average Bonchev–Trinajstić information content (AvgIpc) is 2.33. The van der Waals surface area contributed by atoms with E-state index in [1.54, 1.807) is 0 Å². The molecule has 0 spiro atoms. The van der Waals surface area contributed by atoms with Crippen molar-refractivity contribution in [1.29, 1.82) is 0 Å². The predicted molar refractivity (Wildman–Crippen MR) is 83.3 cm³/mol. The summed E-state index contributed by atoms with van der Waals surface area (Å²) < 4.78 is 0. The molecule has 2 N–H and O–H groups in total. The van der Waals surface area contributed by atoms with Crippen LogP contribution >= 0.6 is 12.2 Å². The van der Waals surface area contributed by atoms with Gasteiger partial charge < -0.3 is 10.6 Å². The maximum atomic E-state index is 12.6. The van der Waals surface area contributed by atoms with E-state index >= 15 is 0 Å². The molecular formula is C15H22N2OS. The van der Waals surface area contributed by atoms with Crippen LogP contribution in [-0.4, -0.2) is 28.9 Å². The molecule has 0 saturated heterocycles. The fraction of sp³-hybridized carbons (Fsp3) is 0.467. The van der Waals surface area contributed by atoms with Crippen LogP contribution in [0.4, 0.5) is 0 Å². The number of benzene rings is 1. The minimum Gasteiger partial charge on any atom is -0.393 e. The van der Waals surface area contributed by atoms with E-state index in [4.69, 9.17) is 18.0 Å². The summed E-state index contributed by atoms with van der Waals surface area (Å²) in [6, 6.07) is 7.65. The van der Waals surface area contributed by atoms with Gasteiger partial charge in [0.15, 0.2) is 0 Å². The largest absolute Gasteiger partial charge is 0.393 e. The first-order valence-corrected chi connectivity index (χ1v) is 6.96. The quantitative estimate of drug-likeness (QED) is 0.814. The van der Waals surface area contributed by atoms with Gasteiger partial charge in [-0.05, 0) is 24.5 Å². The fourth-order valence-corrected chi connectivity index (χ4v) is 2.04. The average molecular weight is 278 g/mol. The highest BCUT2D eigenvalue weighted by Gasteiger charge is 2.18. The predicted octanol–water partition coefficient (Wildman–Crippen LogP) is 2.77. The number of carbonyl (C=O) groups is 1. The van der Waals surface area contributed by atoms with Crippen molar-refractivity contribution in [3.05, 3.63) is 35.4 Å². The SMILES string of the molecule is Cc1ccccc1C(=O)N(CCC(N)=S)CC(C)C. The number of rotatable bonds is 6. The lowest BCUT2D eigenvalue weighted by Crippen LogP contribution is -2.36. The molecule has 0 unspecified atom stereocenters. The number of amides is 1. The van der Waals surface area contributed by atoms with Crippen molar-refractivity contribution < 1.29 is 4.79 Å². The molecular weight excluding hydrogens is 256 g/mol. The number of hydrogen-bond donors (Lipinski definition) is 1. The molecule has 0 aromatic heterocycles. The van der Waals surface area contributed by atoms with E-state index in [-0.39, 0.29) is 5.91 Å². The first-order chi connectivity index (χ1) is 8.91. The highest BCUT2D eigenvalue weighted by Crippen LogP contribution is 2.12. The Balaban J connectivity index is 2.87. The Kier molecular flexibility index (Phi) is 5.96. The van der Waals surface area contributed by atoms with Crippen LogP contribution in [0.25, 0.3) is 0 Å². The fourth-order valence-electron chi connectivity index (χ4n) is 1.94. The Labute approximate surface area is 120 Å². The van der Waals surface area contributed by atoms with Crippen LogP contribution in [0.3, 0.4) is 0 Å². The standard InChI is InChI=1S/C15H22N2OS/c1-11(2)10-17(9-8-14(16)19)15(18)13-7-5-4-6-12(13)3/h4-7,11H,8-10H2,1-3H3,(H2,16,19). The highest BCUT2D eigenvalue weighted by molar-refractivity contribution is 7.80. The van der Waals surface area contributed by atoms with E-state index in [1.807, 2.05) is 36.1 Å². The molecule has 0 atom stereocenters. The monoisotopic (exact) mass is 278 g/mol. The Morgan fingerprint density at radius 2 is 2.00 bits per heavy atom. The van der Waals surface area contributed by atoms with Gasteiger partial charge in [0.2, 0.25) is 0 Å². The zero-order valence-electron chi connectivity index (χ0n) is 11.8. The molecule has 104 valence electrons. The van der Waals surface area contributed by atoms with Crippen LogP contribution in [0.2, 0.25) is 0 Å². The van der Waals surface area contributed by atoms with Crippen molar-refractivity contribution in [3.63, 3.8) is 0 Å². The van der Waals surface area contributed by atoms with Gasteiger partial charge in [-0.2, -0.15) is 0 Å². The summed E-state index contributed by atoms with van der Waals surface area (Å²) in [5.74, 6) is 0.474. The van der Waals surface area contributed by atoms with Crippen molar-refractivity contribution >= 4 is 23.1 Å². The van der Waals surface area contributed by atoms with Crippen LogP contribution in [-0.2, 0) is 0 Å². The molecule has 3 nitrogen and oxygen atoms in total. The number of hydrogen-bond acceptors (Lipinski definition) is 2. The number of carbonyl (C=O) groups excluding carboxylic acids is 1. The van der Waals surface area contributed by atoms with E-state index in [1.165, 1.54) is 0 Å². The van der Waals surface area contributed by atoms with Crippen molar-refractivity contribution in [2.75, 3.05) is 13.1 Å². The van der Waals surface area contributed by atoms with Gasteiger partial charge in [-0.3, -0.25) is 4.79 Å². The summed E-state index contributed by atoms with van der Waals surface area (Å²) in [6.07, 6.45) is 0.569. The molecule has 0 radical (unpaired) electrons. The molecule has 1 amide bonds. The number of aryl methyl sites for hydroxylation is 1. The Morgan fingerprint density at radius 3 is 2.53 bits per heavy atom. The van der Waals surface area contributed by atoms with E-state index in [0.717, 1.165) is 17.7 Å². The summed E-state index contributed by atoms with van der Waals surface area (Å²) in [5, 5.41) is 0. The van der Waals surface area contributed by atoms with Crippen molar-refractivity contribution in [2.45, 2.75) is 27.2 Å². The van der Waals surface area contributed by atoms with Gasteiger partial charge in [-0.15, -0.1) is 0 Å². The normalized spacial score (nSPS) is 10.5. The topological polar surface area (TPSA) is 46.3 Å². The summed E-state index contributed by atoms with van der Waals surface area (Å²) in [4.78, 5) is 14.8. The van der Waals surface area contributed by atoms with E-state index in [9.17, 15) is 4.79 Å². The third-order valence-electron chi connectivity index (χ3n) is 2.88. The first-order valence-electron chi connectivity index (χ1n) is 6.55. The molecule has 4 heteroatoms. The van der Waals surface area contributed by atoms with Crippen LogP contribution in [0.15, 0.2) is 24.3 Å². The molecule has 0 aliphatic heterocycles. The lowest BCUT2D eigenvalue weighted by Gasteiger charge is -2.25. The molecule has 1 aromatic carbocycles. The second-order valence-corrected chi connectivity index (χ2v) is 5.70. The van der Waals surface area contributed by atoms with Gasteiger partial charge in [0.1, 0.15) is 0 Å². The van der Waals surface area contributed by atoms with Crippen molar-refractivity contribution in [1.82, 2.24) is 4.90 Å². The molecule has 1 rings (SSSR count). The Hall–Kier alpha value is -1.42. The van der Waals surface area contributed by atoms with E-state index in [0.29, 0.717) is 23.9 Å². The minimum absolute atomic E-state index is 0.0584. The molecule has 0 aliphatic rings. The Morgan fingerprint density at radius 1 is 1.37 bits per heavy atom. The molecule has 19 heavy (non-hydrogen) atoms. The van der Waals surface area contributed by atoms with Gasteiger partial charge in [0.05, 0.1) is 4.99 Å². The smallest absolute Gasteiger partial charge is 0.254 e. The molecule has 0 aliphatic carbocycles. The maximum Gasteiger partial charge on any atom is 0.254 e. The summed E-state index contributed by atoms with van der Waals surface area (Å²) in [6.45, 7) is 7.45. The summed E-state index contributed by atoms with van der Waals surface area (Å²) >= 11 is 4.90. The third kappa shape index (κ3) is 4.99. The third-order valence-corrected chi connectivity index (χ3v) is 3.08. The van der Waals surface area contributed by atoms with Crippen LogP contribution in [0.5, 0.6) is 0 Å². The summed E-state index contributed by atoms with van der Waals surface area (Å²) in [7, 11) is 0. The van der Waals surface area contributed by atoms with Crippen LogP contribution < -0.4 is 5.73 Å². The van der Waals surface area contributed by atoms with E-state index < -0.39 is 0 Å². The van der Waals surface area contributed by atoms with Gasteiger partial charge in [0.25, 0.3) is 5.91 Å². The number of thiocarbonyl (C=S) groups is 1. The van der Waals surface area contributed by atoms with Gasteiger partial charge >= 0.3 is 0 Å². The molecule has 0 fully saturated rings. The van der Waals surface area contributed by atoms with Crippen LogP contribution in [0.1, 0.15) is 36.2 Å². The second kappa shape index (κ2) is 7.24. The van der Waals surface area contributed by atoms with Crippen molar-refractivity contribution in [3.8, 4) is 0 Å². The second-order valence-electron chi connectivity index (χ2n) is 5.18. The van der Waals surface area contributed by atoms with E-state index in [2.05, 4.69) is 13.8 Å². The Bertz CT molecular complexity index is 457. The summed E-state index contributed by atoms with van der Waals surface area (Å²) in [5.41, 5.74) is 7.29. The molecule has 0 saturated carbocycles. The lowest BCUT2D eigenvalue weighted by atomic mass is 10.1. The molecule has 0 bridgehead atoms. The first kappa shape index (κ1) is 15.6. The minimum atomic E-state index is 0.0584. The maximum absolute atomic E-state index is 12.6. The zero-order chi connectivity index (χ0) is 14.4. The molecule has 0 heterocycles. The van der Waals surface area contributed by atoms with Gasteiger partial charge in [-0.25, -0.2) is 0 Å². The van der Waals surface area contributed by atoms with Crippen LogP contribution in [0, 0.1) is 12.8 Å². The highest BCUT2D eigenvalue weighted by atomic mass is 32.1. The lowest BCUT2D eigenvalue weighted by molar-refractivity contribution is 0.0740. The van der Waals surface area contributed by atoms with Gasteiger partial charge in [0, 0.05) is 25.1 Å². The zero-order valence-corrected chi connectivity index (χ0v) is 12.7. The number of nitrogens with zero attached hydrogens (tertiary/aromatic N) is 1. The number of nitrogens with two attached hydrogens (primary N) is 1. The van der Waals surface area contributed by atoms with Crippen molar-refractivity contribution in [2.24, 2.45) is 11.7 Å². The molecule has 1 aromatic rings. The van der Waals surface area contributed by atoms with Gasteiger partial charge in [-0.1, -0.05) is 44.3 Å².